The van der Waals surface area contributed by atoms with Gasteiger partial charge in [0.05, 0.1) is 18.1 Å². The lowest BCUT2D eigenvalue weighted by atomic mass is 10.1. The minimum absolute atomic E-state index is 0.0376. The van der Waals surface area contributed by atoms with Crippen molar-refractivity contribution in [3.8, 4) is 5.88 Å². The fourth-order valence-corrected chi connectivity index (χ4v) is 3.44. The maximum atomic E-state index is 13.2. The number of anilines is 1. The molecular formula is C17H23F4N5OS. The number of alkyl halides is 4. The summed E-state index contributed by atoms with van der Waals surface area (Å²) in [5.41, 5.74) is 5.77. The number of aliphatic imine (C=N–C) groups is 2. The largest absolute Gasteiger partial charge is 0.467 e. The molecule has 0 unspecified atom stereocenters. The molecule has 6 nitrogen and oxygen atoms in total. The number of pyridine rings is 1. The smallest absolute Gasteiger partial charge is 0.422 e. The Kier molecular flexibility index (Phi) is 6.79. The maximum absolute atomic E-state index is 13.2. The van der Waals surface area contributed by atoms with E-state index in [-0.39, 0.29) is 36.2 Å². The average Bonchev–Trinajstić information content (AvgIpc) is 2.56. The Morgan fingerprint density at radius 2 is 2.00 bits per heavy atom. The molecule has 0 amide bonds. The van der Waals surface area contributed by atoms with Gasteiger partial charge in [0.1, 0.15) is 28.9 Å². The molecule has 0 bridgehead atoms. The second kappa shape index (κ2) is 8.54. The van der Waals surface area contributed by atoms with Gasteiger partial charge in [0.15, 0.2) is 6.61 Å². The highest BCUT2D eigenvalue weighted by Gasteiger charge is 2.33. The lowest BCUT2D eigenvalue weighted by molar-refractivity contribution is -0.154. The normalized spacial score (nSPS) is 16.9. The Morgan fingerprint density at radius 1 is 1.36 bits per heavy atom. The summed E-state index contributed by atoms with van der Waals surface area (Å²) in [6.07, 6.45) is -3.70. The zero-order valence-corrected chi connectivity index (χ0v) is 16.9. The summed E-state index contributed by atoms with van der Waals surface area (Å²) in [6, 6.07) is 3.04. The van der Waals surface area contributed by atoms with Gasteiger partial charge in [0.2, 0.25) is 5.88 Å². The van der Waals surface area contributed by atoms with Crippen molar-refractivity contribution in [2.24, 2.45) is 15.7 Å². The monoisotopic (exact) mass is 421 g/mol. The van der Waals surface area contributed by atoms with E-state index in [9.17, 15) is 17.6 Å². The van der Waals surface area contributed by atoms with Crippen LogP contribution in [0.15, 0.2) is 22.1 Å². The van der Waals surface area contributed by atoms with Crippen LogP contribution in [0, 0.1) is 0 Å². The molecule has 1 fully saturated rings. The van der Waals surface area contributed by atoms with E-state index in [2.05, 4.69) is 15.0 Å². The second-order valence-corrected chi connectivity index (χ2v) is 7.51. The van der Waals surface area contributed by atoms with Crippen LogP contribution in [0.5, 0.6) is 5.88 Å². The Morgan fingerprint density at radius 3 is 2.50 bits per heavy atom. The number of rotatable bonds is 6. The Bertz CT molecular complexity index is 760. The number of nitrogens with zero attached hydrogens (tertiary/aromatic N) is 4. The van der Waals surface area contributed by atoms with Crippen LogP contribution in [0.25, 0.3) is 0 Å². The van der Waals surface area contributed by atoms with Gasteiger partial charge in [-0.25, -0.2) is 9.37 Å². The molecule has 0 aliphatic carbocycles. The lowest BCUT2D eigenvalue weighted by Crippen LogP contribution is -2.48. The number of thioether (sulfide) groups is 1. The first-order valence-electron chi connectivity index (χ1n) is 8.43. The van der Waals surface area contributed by atoms with E-state index in [1.54, 1.807) is 11.9 Å². The highest BCUT2D eigenvalue weighted by atomic mass is 32.2. The lowest BCUT2D eigenvalue weighted by Gasteiger charge is -2.36. The zero-order chi connectivity index (χ0) is 21.1. The van der Waals surface area contributed by atoms with E-state index in [0.717, 1.165) is 5.04 Å². The van der Waals surface area contributed by atoms with Gasteiger partial charge >= 0.3 is 6.18 Å². The first kappa shape index (κ1) is 22.3. The van der Waals surface area contributed by atoms with Crippen LogP contribution in [-0.4, -0.2) is 66.8 Å². The number of hydrogen-bond donors (Lipinski definition) is 1. The molecule has 1 aliphatic rings. The number of hydrogen-bond acceptors (Lipinski definition) is 6. The maximum Gasteiger partial charge on any atom is 0.422 e. The Balaban J connectivity index is 2.35. The average molecular weight is 421 g/mol. The highest BCUT2D eigenvalue weighted by molar-refractivity contribution is 8.13. The summed E-state index contributed by atoms with van der Waals surface area (Å²) < 4.78 is 55.8. The quantitative estimate of drug-likeness (QED) is 0.434. The predicted octanol–water partition coefficient (Wildman–Crippen LogP) is 3.06. The van der Waals surface area contributed by atoms with Crippen LogP contribution in [0.3, 0.4) is 0 Å². The predicted molar refractivity (Wildman–Crippen MR) is 105 cm³/mol. The summed E-state index contributed by atoms with van der Waals surface area (Å²) >= 11 is 1.42. The molecule has 28 heavy (non-hydrogen) atoms. The molecule has 0 spiro atoms. The van der Waals surface area contributed by atoms with E-state index in [1.807, 2.05) is 20.1 Å². The van der Waals surface area contributed by atoms with E-state index < -0.39 is 24.5 Å². The SMILES string of the molecule is CN=C(SC)C(C)(C)N=C(N)c1ccc(N2CC(F)C2)c(OCC(F)(F)F)n1. The van der Waals surface area contributed by atoms with E-state index in [1.165, 1.54) is 23.9 Å². The molecular weight excluding hydrogens is 398 g/mol. The van der Waals surface area contributed by atoms with Gasteiger partial charge in [-0.1, -0.05) is 0 Å². The van der Waals surface area contributed by atoms with Crippen LogP contribution in [-0.2, 0) is 0 Å². The molecule has 0 aromatic carbocycles. The second-order valence-electron chi connectivity index (χ2n) is 6.72. The van der Waals surface area contributed by atoms with Gasteiger partial charge in [-0.05, 0) is 32.2 Å². The third-order valence-electron chi connectivity index (χ3n) is 3.97. The van der Waals surface area contributed by atoms with Gasteiger partial charge in [0.25, 0.3) is 0 Å². The molecule has 11 heteroatoms. The number of aromatic nitrogens is 1. The molecule has 2 N–H and O–H groups in total. The van der Waals surface area contributed by atoms with Crippen molar-refractivity contribution in [1.29, 1.82) is 0 Å². The summed E-state index contributed by atoms with van der Waals surface area (Å²) in [4.78, 5) is 14.3. The third kappa shape index (κ3) is 5.49. The molecule has 0 saturated carbocycles. The minimum Gasteiger partial charge on any atom is -0.467 e. The zero-order valence-electron chi connectivity index (χ0n) is 16.0. The van der Waals surface area contributed by atoms with Gasteiger partial charge in [-0.15, -0.1) is 11.8 Å². The molecule has 2 heterocycles. The first-order valence-corrected chi connectivity index (χ1v) is 9.66. The topological polar surface area (TPSA) is 76.1 Å². The molecule has 2 rings (SSSR count). The van der Waals surface area contributed by atoms with Crippen molar-refractivity contribution in [3.63, 3.8) is 0 Å². The Labute approximate surface area is 165 Å². The number of nitrogens with two attached hydrogens (primary N) is 1. The summed E-state index contributed by atoms with van der Waals surface area (Å²) in [7, 11) is 1.64. The Hall–Kier alpha value is -2.04. The standard InChI is InChI=1S/C17H23F4N5OS/c1-16(2,15(23-3)28-4)25-13(22)11-5-6-12(26-7-10(18)8-26)14(24-11)27-9-17(19,20)21/h5-6,10H,7-9H2,1-4H3,(H2,22,25). The molecule has 0 atom stereocenters. The van der Waals surface area contributed by atoms with Gasteiger partial charge < -0.3 is 15.4 Å². The van der Waals surface area contributed by atoms with E-state index >= 15 is 0 Å². The van der Waals surface area contributed by atoms with Gasteiger partial charge in [0, 0.05) is 7.05 Å². The summed E-state index contributed by atoms with van der Waals surface area (Å²) in [5, 5.41) is 0.732. The molecule has 0 radical (unpaired) electrons. The first-order chi connectivity index (χ1) is 13.0. The molecule has 156 valence electrons. The van der Waals surface area contributed by atoms with Crippen LogP contribution in [0.2, 0.25) is 0 Å². The van der Waals surface area contributed by atoms with E-state index in [0.29, 0.717) is 0 Å². The van der Waals surface area contributed by atoms with Crippen LogP contribution >= 0.6 is 11.8 Å². The van der Waals surface area contributed by atoms with Crippen molar-refractivity contribution in [2.45, 2.75) is 31.7 Å². The van der Waals surface area contributed by atoms with Crippen LogP contribution in [0.4, 0.5) is 23.2 Å². The highest BCUT2D eigenvalue weighted by Crippen LogP contribution is 2.32. The van der Waals surface area contributed by atoms with Gasteiger partial charge in [-0.3, -0.25) is 9.98 Å². The van der Waals surface area contributed by atoms with Crippen molar-refractivity contribution in [2.75, 3.05) is 37.9 Å². The number of ether oxygens (including phenoxy) is 1. The third-order valence-corrected chi connectivity index (χ3v) is 5.04. The van der Waals surface area contributed by atoms with Crippen molar-refractivity contribution in [3.05, 3.63) is 17.8 Å². The fraction of sp³-hybridized carbons (Fsp3) is 0.588. The number of amidine groups is 1. The molecule has 1 saturated heterocycles. The fourth-order valence-electron chi connectivity index (χ4n) is 2.72. The summed E-state index contributed by atoms with van der Waals surface area (Å²) in [5.74, 6) is -0.220. The van der Waals surface area contributed by atoms with Crippen LogP contribution < -0.4 is 15.4 Å². The molecule has 1 aromatic heterocycles. The molecule has 1 aliphatic heterocycles. The van der Waals surface area contributed by atoms with Crippen LogP contribution in [0.1, 0.15) is 19.5 Å². The van der Waals surface area contributed by atoms with Crippen molar-refractivity contribution in [1.82, 2.24) is 4.98 Å². The molecule has 1 aromatic rings. The van der Waals surface area contributed by atoms with Crippen molar-refractivity contribution >= 4 is 28.3 Å². The van der Waals surface area contributed by atoms with Crippen molar-refractivity contribution < 1.29 is 22.3 Å². The number of halogens is 4. The van der Waals surface area contributed by atoms with Gasteiger partial charge in [-0.2, -0.15) is 13.2 Å². The summed E-state index contributed by atoms with van der Waals surface area (Å²) in [6.45, 7) is 2.27. The minimum atomic E-state index is -4.53. The van der Waals surface area contributed by atoms with E-state index in [4.69, 9.17) is 10.5 Å².